The molecule has 1 aromatic heterocycles. The van der Waals surface area contributed by atoms with Crippen molar-refractivity contribution in [1.82, 2.24) is 9.78 Å². The van der Waals surface area contributed by atoms with Gasteiger partial charge >= 0.3 is 0 Å². The Balaban J connectivity index is 1.82. The lowest BCUT2D eigenvalue weighted by atomic mass is 9.87. The minimum Gasteiger partial charge on any atom is -0.454 e. The fourth-order valence-electron chi connectivity index (χ4n) is 3.12. The van der Waals surface area contributed by atoms with Crippen LogP contribution in [0.15, 0.2) is 18.3 Å². The molecule has 120 valence electrons. The van der Waals surface area contributed by atoms with Gasteiger partial charge in [0.25, 0.3) is 0 Å². The summed E-state index contributed by atoms with van der Waals surface area (Å²) in [4.78, 5) is 12.2. The normalized spacial score (nSPS) is 19.0. The largest absolute Gasteiger partial charge is 0.454 e. The van der Waals surface area contributed by atoms with E-state index >= 15 is 0 Å². The van der Waals surface area contributed by atoms with E-state index in [2.05, 4.69) is 10.4 Å². The van der Waals surface area contributed by atoms with Crippen molar-refractivity contribution in [2.45, 2.75) is 32.2 Å². The summed E-state index contributed by atoms with van der Waals surface area (Å²) in [5, 5.41) is 7.84. The SMILES string of the molecule is CC(C)n1ncc2c1NC(=O)CC2c1cc(Cl)c2c(c1)OCO2. The summed E-state index contributed by atoms with van der Waals surface area (Å²) in [5.74, 6) is 1.82. The number of fused-ring (bicyclic) bond motifs is 2. The molecule has 0 saturated carbocycles. The number of nitrogens with zero attached hydrogens (tertiary/aromatic N) is 2. The molecule has 1 unspecified atom stereocenters. The number of nitrogens with one attached hydrogen (secondary N) is 1. The third-order valence-electron chi connectivity index (χ3n) is 4.19. The zero-order valence-corrected chi connectivity index (χ0v) is 13.6. The zero-order valence-electron chi connectivity index (χ0n) is 12.8. The summed E-state index contributed by atoms with van der Waals surface area (Å²) in [6, 6.07) is 3.90. The van der Waals surface area contributed by atoms with Crippen molar-refractivity contribution >= 4 is 23.3 Å². The number of amides is 1. The number of benzene rings is 1. The Bertz CT molecular complexity index is 800. The van der Waals surface area contributed by atoms with E-state index in [4.69, 9.17) is 21.1 Å². The maximum absolute atomic E-state index is 12.2. The summed E-state index contributed by atoms with van der Waals surface area (Å²) in [6.07, 6.45) is 2.17. The van der Waals surface area contributed by atoms with Crippen LogP contribution in [0.2, 0.25) is 5.02 Å². The van der Waals surface area contributed by atoms with Crippen LogP contribution < -0.4 is 14.8 Å². The molecule has 1 aromatic carbocycles. The van der Waals surface area contributed by atoms with Crippen LogP contribution in [0.4, 0.5) is 5.82 Å². The van der Waals surface area contributed by atoms with Crippen molar-refractivity contribution in [3.8, 4) is 11.5 Å². The van der Waals surface area contributed by atoms with E-state index in [1.165, 1.54) is 0 Å². The number of hydrogen-bond donors (Lipinski definition) is 1. The van der Waals surface area contributed by atoms with Gasteiger partial charge in [-0.25, -0.2) is 4.68 Å². The molecule has 2 aliphatic rings. The van der Waals surface area contributed by atoms with Crippen LogP contribution in [-0.2, 0) is 4.79 Å². The molecule has 2 aromatic rings. The number of halogens is 1. The number of rotatable bonds is 2. The Morgan fingerprint density at radius 1 is 1.39 bits per heavy atom. The van der Waals surface area contributed by atoms with E-state index in [9.17, 15) is 4.79 Å². The highest BCUT2D eigenvalue weighted by atomic mass is 35.5. The second kappa shape index (κ2) is 5.16. The topological polar surface area (TPSA) is 65.4 Å². The first-order valence-electron chi connectivity index (χ1n) is 7.51. The van der Waals surface area contributed by atoms with Crippen molar-refractivity contribution in [2.75, 3.05) is 12.1 Å². The molecule has 2 aliphatic heterocycles. The summed E-state index contributed by atoms with van der Waals surface area (Å²) in [5.41, 5.74) is 1.92. The Kier molecular flexibility index (Phi) is 3.23. The van der Waals surface area contributed by atoms with Gasteiger partial charge in [-0.05, 0) is 31.5 Å². The van der Waals surface area contributed by atoms with Gasteiger partial charge in [0.05, 0.1) is 11.2 Å². The highest BCUT2D eigenvalue weighted by Gasteiger charge is 2.32. The van der Waals surface area contributed by atoms with Crippen LogP contribution in [0, 0.1) is 0 Å². The lowest BCUT2D eigenvalue weighted by Gasteiger charge is -2.25. The maximum atomic E-state index is 12.2. The van der Waals surface area contributed by atoms with Crippen LogP contribution >= 0.6 is 11.6 Å². The Hall–Kier alpha value is -2.21. The van der Waals surface area contributed by atoms with E-state index in [0.717, 1.165) is 16.9 Å². The second-order valence-electron chi connectivity index (χ2n) is 6.03. The van der Waals surface area contributed by atoms with Crippen molar-refractivity contribution in [3.05, 3.63) is 34.5 Å². The fourth-order valence-corrected chi connectivity index (χ4v) is 3.39. The molecule has 6 nitrogen and oxygen atoms in total. The first kappa shape index (κ1) is 14.4. The standard InChI is InChI=1S/C16H16ClN3O3/c1-8(2)20-16-11(6-18-20)10(5-14(21)19-16)9-3-12(17)15-13(4-9)22-7-23-15/h3-4,6,8,10H,5,7H2,1-2H3,(H,19,21). The summed E-state index contributed by atoms with van der Waals surface area (Å²) in [7, 11) is 0. The average molecular weight is 334 g/mol. The zero-order chi connectivity index (χ0) is 16.1. The number of ether oxygens (including phenoxy) is 2. The molecule has 0 fully saturated rings. The number of carbonyl (C=O) groups is 1. The van der Waals surface area contributed by atoms with Gasteiger partial charge in [-0.2, -0.15) is 5.10 Å². The van der Waals surface area contributed by atoms with Crippen molar-refractivity contribution in [3.63, 3.8) is 0 Å². The lowest BCUT2D eigenvalue weighted by molar-refractivity contribution is -0.116. The number of aromatic nitrogens is 2. The molecule has 1 atom stereocenters. The molecule has 0 spiro atoms. The molecule has 0 bridgehead atoms. The van der Waals surface area contributed by atoms with Gasteiger partial charge in [-0.15, -0.1) is 0 Å². The number of anilines is 1. The van der Waals surface area contributed by atoms with E-state index in [-0.39, 0.29) is 24.7 Å². The smallest absolute Gasteiger partial charge is 0.231 e. The van der Waals surface area contributed by atoms with Gasteiger partial charge in [0, 0.05) is 23.9 Å². The van der Waals surface area contributed by atoms with Crippen LogP contribution in [-0.4, -0.2) is 22.5 Å². The molecule has 23 heavy (non-hydrogen) atoms. The molecule has 7 heteroatoms. The van der Waals surface area contributed by atoms with Gasteiger partial charge in [0.2, 0.25) is 12.7 Å². The van der Waals surface area contributed by atoms with Crippen LogP contribution in [0.5, 0.6) is 11.5 Å². The number of carbonyl (C=O) groups excluding carboxylic acids is 1. The van der Waals surface area contributed by atoms with Crippen LogP contribution in [0.3, 0.4) is 0 Å². The lowest BCUT2D eigenvalue weighted by Crippen LogP contribution is -2.25. The summed E-state index contributed by atoms with van der Waals surface area (Å²) >= 11 is 6.29. The molecule has 0 radical (unpaired) electrons. The molecular formula is C16H16ClN3O3. The first-order chi connectivity index (χ1) is 11.0. The highest BCUT2D eigenvalue weighted by molar-refractivity contribution is 6.32. The fraction of sp³-hybridized carbons (Fsp3) is 0.375. The summed E-state index contributed by atoms with van der Waals surface area (Å²) in [6.45, 7) is 4.22. The molecule has 3 heterocycles. The Labute approximate surface area is 138 Å². The molecular weight excluding hydrogens is 318 g/mol. The maximum Gasteiger partial charge on any atom is 0.231 e. The Morgan fingerprint density at radius 3 is 3.00 bits per heavy atom. The summed E-state index contributed by atoms with van der Waals surface area (Å²) < 4.78 is 12.6. The van der Waals surface area contributed by atoms with E-state index in [0.29, 0.717) is 22.9 Å². The minimum atomic E-state index is -0.0988. The highest BCUT2D eigenvalue weighted by Crippen LogP contribution is 2.45. The second-order valence-corrected chi connectivity index (χ2v) is 6.44. The Morgan fingerprint density at radius 2 is 2.22 bits per heavy atom. The quantitative estimate of drug-likeness (QED) is 0.915. The van der Waals surface area contributed by atoms with Crippen molar-refractivity contribution in [2.24, 2.45) is 0 Å². The molecule has 1 amide bonds. The van der Waals surface area contributed by atoms with Gasteiger partial charge in [0.1, 0.15) is 5.82 Å². The third-order valence-corrected chi connectivity index (χ3v) is 4.47. The van der Waals surface area contributed by atoms with E-state index in [1.54, 1.807) is 0 Å². The van der Waals surface area contributed by atoms with Gasteiger partial charge < -0.3 is 14.8 Å². The molecule has 0 aliphatic carbocycles. The number of hydrogen-bond acceptors (Lipinski definition) is 4. The van der Waals surface area contributed by atoms with Crippen molar-refractivity contribution < 1.29 is 14.3 Å². The minimum absolute atomic E-state index is 0.0290. The van der Waals surface area contributed by atoms with E-state index < -0.39 is 0 Å². The van der Waals surface area contributed by atoms with E-state index in [1.807, 2.05) is 36.9 Å². The predicted octanol–water partition coefficient (Wildman–Crippen LogP) is 3.32. The monoisotopic (exact) mass is 333 g/mol. The van der Waals surface area contributed by atoms with Gasteiger partial charge in [0.15, 0.2) is 11.5 Å². The first-order valence-corrected chi connectivity index (χ1v) is 7.88. The molecule has 0 saturated heterocycles. The van der Waals surface area contributed by atoms with Crippen LogP contribution in [0.1, 0.15) is 43.4 Å². The van der Waals surface area contributed by atoms with Gasteiger partial charge in [-0.1, -0.05) is 11.6 Å². The van der Waals surface area contributed by atoms with Gasteiger partial charge in [-0.3, -0.25) is 4.79 Å². The molecule has 4 rings (SSSR count). The van der Waals surface area contributed by atoms with Crippen LogP contribution in [0.25, 0.3) is 0 Å². The average Bonchev–Trinajstić information content (AvgIpc) is 3.12. The third kappa shape index (κ3) is 2.25. The molecule has 1 N–H and O–H groups in total. The predicted molar refractivity (Wildman–Crippen MR) is 85.3 cm³/mol. The van der Waals surface area contributed by atoms with Crippen molar-refractivity contribution in [1.29, 1.82) is 0 Å².